The number of rotatable bonds is 8. The molecule has 3 rings (SSSR count). The van der Waals surface area contributed by atoms with Crippen LogP contribution in [0.3, 0.4) is 0 Å². The van der Waals surface area contributed by atoms with Gasteiger partial charge in [-0.05, 0) is 19.1 Å². The molecule has 0 atom stereocenters. The van der Waals surface area contributed by atoms with Crippen LogP contribution in [0.4, 0.5) is 0 Å². The number of carbonyl (C=O) groups is 1. The number of carbonyl (C=O) groups excluding carboxylic acids is 1. The van der Waals surface area contributed by atoms with Crippen molar-refractivity contribution in [3.8, 4) is 22.8 Å². The van der Waals surface area contributed by atoms with Crippen molar-refractivity contribution in [1.82, 2.24) is 10.3 Å². The summed E-state index contributed by atoms with van der Waals surface area (Å²) in [4.78, 5) is 16.5. The van der Waals surface area contributed by atoms with Gasteiger partial charge in [0.05, 0.1) is 20.4 Å². The van der Waals surface area contributed by atoms with E-state index in [1.54, 1.807) is 26.5 Å². The Kier molecular flexibility index (Phi) is 6.32. The van der Waals surface area contributed by atoms with Crippen LogP contribution in [-0.2, 0) is 17.8 Å². The number of nitrogens with zero attached hydrogens (tertiary/aromatic N) is 1. The lowest BCUT2D eigenvalue weighted by molar-refractivity contribution is -0.121. The quantitative estimate of drug-likeness (QED) is 0.641. The lowest BCUT2D eigenvalue weighted by atomic mass is 10.1. The van der Waals surface area contributed by atoms with Gasteiger partial charge >= 0.3 is 0 Å². The van der Waals surface area contributed by atoms with Crippen molar-refractivity contribution in [3.63, 3.8) is 0 Å². The molecule has 0 fully saturated rings. The monoisotopic (exact) mass is 380 g/mol. The van der Waals surface area contributed by atoms with Crippen LogP contribution >= 0.6 is 0 Å². The highest BCUT2D eigenvalue weighted by Gasteiger charge is 2.10. The van der Waals surface area contributed by atoms with Crippen LogP contribution in [0.5, 0.6) is 11.5 Å². The van der Waals surface area contributed by atoms with Gasteiger partial charge in [0.15, 0.2) is 11.7 Å². The number of hydrogen-bond acceptors (Lipinski definition) is 5. The summed E-state index contributed by atoms with van der Waals surface area (Å²) in [6.07, 6.45) is 2.43. The molecule has 1 amide bonds. The third kappa shape index (κ3) is 4.91. The molecule has 0 aliphatic rings. The molecule has 0 radical (unpaired) electrons. The van der Waals surface area contributed by atoms with Crippen molar-refractivity contribution >= 4 is 5.91 Å². The summed E-state index contributed by atoms with van der Waals surface area (Å²) < 4.78 is 16.3. The normalized spacial score (nSPS) is 10.5. The zero-order chi connectivity index (χ0) is 19.9. The van der Waals surface area contributed by atoms with E-state index in [2.05, 4.69) is 10.3 Å². The fourth-order valence-corrected chi connectivity index (χ4v) is 2.78. The molecule has 28 heavy (non-hydrogen) atoms. The zero-order valence-electron chi connectivity index (χ0n) is 16.3. The molecule has 1 heterocycles. The van der Waals surface area contributed by atoms with Gasteiger partial charge < -0.3 is 19.2 Å². The van der Waals surface area contributed by atoms with Crippen LogP contribution in [0.15, 0.2) is 53.1 Å². The zero-order valence-corrected chi connectivity index (χ0v) is 16.3. The SMILES string of the molecule is COc1ccc(CNC(=O)CCc2ncc(-c3ccc(C)cc3)o2)c(OC)c1. The van der Waals surface area contributed by atoms with Crippen LogP contribution in [-0.4, -0.2) is 25.1 Å². The fourth-order valence-electron chi connectivity index (χ4n) is 2.78. The van der Waals surface area contributed by atoms with Crippen molar-refractivity contribution < 1.29 is 18.7 Å². The number of hydrogen-bond donors (Lipinski definition) is 1. The first-order valence-corrected chi connectivity index (χ1v) is 9.08. The Balaban J connectivity index is 1.52. The highest BCUT2D eigenvalue weighted by atomic mass is 16.5. The number of benzene rings is 2. The Morgan fingerprint density at radius 1 is 1.11 bits per heavy atom. The van der Waals surface area contributed by atoms with Crippen LogP contribution < -0.4 is 14.8 Å². The molecule has 2 aromatic carbocycles. The minimum atomic E-state index is -0.0760. The summed E-state index contributed by atoms with van der Waals surface area (Å²) in [6, 6.07) is 13.5. The van der Waals surface area contributed by atoms with E-state index in [-0.39, 0.29) is 5.91 Å². The van der Waals surface area contributed by atoms with E-state index in [0.717, 1.165) is 11.1 Å². The molecule has 3 aromatic rings. The Labute approximate surface area is 164 Å². The lowest BCUT2D eigenvalue weighted by Gasteiger charge is -2.11. The van der Waals surface area contributed by atoms with Gasteiger partial charge in [0.1, 0.15) is 11.5 Å². The van der Waals surface area contributed by atoms with Gasteiger partial charge in [-0.1, -0.05) is 29.8 Å². The number of methoxy groups -OCH3 is 2. The molecule has 0 saturated heterocycles. The number of amides is 1. The molecule has 6 heteroatoms. The third-order valence-electron chi connectivity index (χ3n) is 4.43. The highest BCUT2D eigenvalue weighted by molar-refractivity contribution is 5.76. The Hall–Kier alpha value is -3.28. The standard InChI is InChI=1S/C22H24N2O4/c1-15-4-6-16(7-5-15)20-14-24-22(28-20)11-10-21(25)23-13-17-8-9-18(26-2)12-19(17)27-3/h4-9,12,14H,10-11,13H2,1-3H3,(H,23,25). The first kappa shape index (κ1) is 19.5. The number of aromatic nitrogens is 1. The second kappa shape index (κ2) is 9.08. The predicted octanol–water partition coefficient (Wildman–Crippen LogP) is 3.92. The van der Waals surface area contributed by atoms with Gasteiger partial charge in [0.2, 0.25) is 5.91 Å². The summed E-state index contributed by atoms with van der Waals surface area (Å²) >= 11 is 0. The molecular weight excluding hydrogens is 356 g/mol. The first-order valence-electron chi connectivity index (χ1n) is 9.08. The Morgan fingerprint density at radius 3 is 2.61 bits per heavy atom. The number of oxazole rings is 1. The second-order valence-electron chi connectivity index (χ2n) is 6.44. The minimum absolute atomic E-state index is 0.0760. The van der Waals surface area contributed by atoms with E-state index in [1.165, 1.54) is 5.56 Å². The summed E-state index contributed by atoms with van der Waals surface area (Å²) in [6.45, 7) is 2.42. The summed E-state index contributed by atoms with van der Waals surface area (Å²) in [5, 5.41) is 2.90. The van der Waals surface area contributed by atoms with Crippen molar-refractivity contribution in [1.29, 1.82) is 0 Å². The van der Waals surface area contributed by atoms with Gasteiger partial charge in [0.25, 0.3) is 0 Å². The summed E-state index contributed by atoms with van der Waals surface area (Å²) in [7, 11) is 3.19. The van der Waals surface area contributed by atoms with E-state index in [0.29, 0.717) is 42.5 Å². The average Bonchev–Trinajstić information content (AvgIpc) is 3.20. The van der Waals surface area contributed by atoms with Gasteiger partial charge in [0, 0.05) is 36.6 Å². The molecule has 0 saturated carbocycles. The van der Waals surface area contributed by atoms with E-state index < -0.39 is 0 Å². The molecular formula is C22H24N2O4. The minimum Gasteiger partial charge on any atom is -0.497 e. The summed E-state index contributed by atoms with van der Waals surface area (Å²) in [5.41, 5.74) is 3.04. The van der Waals surface area contributed by atoms with Crippen LogP contribution in [0.1, 0.15) is 23.4 Å². The molecule has 0 aliphatic carbocycles. The maximum Gasteiger partial charge on any atom is 0.220 e. The first-order chi connectivity index (χ1) is 13.6. The third-order valence-corrected chi connectivity index (χ3v) is 4.43. The van der Waals surface area contributed by atoms with E-state index in [4.69, 9.17) is 13.9 Å². The maximum atomic E-state index is 12.2. The molecule has 6 nitrogen and oxygen atoms in total. The second-order valence-corrected chi connectivity index (χ2v) is 6.44. The number of nitrogens with one attached hydrogen (secondary N) is 1. The topological polar surface area (TPSA) is 73.6 Å². The smallest absolute Gasteiger partial charge is 0.220 e. The molecule has 0 bridgehead atoms. The molecule has 1 aromatic heterocycles. The van der Waals surface area contributed by atoms with Crippen molar-refractivity contribution in [2.75, 3.05) is 14.2 Å². The van der Waals surface area contributed by atoms with Crippen molar-refractivity contribution in [2.24, 2.45) is 0 Å². The molecule has 146 valence electrons. The molecule has 0 unspecified atom stereocenters. The van der Waals surface area contributed by atoms with Gasteiger partial charge in [-0.3, -0.25) is 4.79 Å². The van der Waals surface area contributed by atoms with Gasteiger partial charge in [-0.15, -0.1) is 0 Å². The van der Waals surface area contributed by atoms with Crippen LogP contribution in [0.25, 0.3) is 11.3 Å². The van der Waals surface area contributed by atoms with Crippen LogP contribution in [0.2, 0.25) is 0 Å². The highest BCUT2D eigenvalue weighted by Crippen LogP contribution is 2.24. The van der Waals surface area contributed by atoms with Crippen molar-refractivity contribution in [3.05, 3.63) is 65.7 Å². The van der Waals surface area contributed by atoms with E-state index in [1.807, 2.05) is 43.3 Å². The number of ether oxygens (including phenoxy) is 2. The maximum absolute atomic E-state index is 12.2. The van der Waals surface area contributed by atoms with Gasteiger partial charge in [-0.25, -0.2) is 4.98 Å². The van der Waals surface area contributed by atoms with E-state index in [9.17, 15) is 4.79 Å². The molecule has 1 N–H and O–H groups in total. The van der Waals surface area contributed by atoms with Gasteiger partial charge in [-0.2, -0.15) is 0 Å². The predicted molar refractivity (Wildman–Crippen MR) is 106 cm³/mol. The fraction of sp³-hybridized carbons (Fsp3) is 0.273. The number of aryl methyl sites for hydroxylation is 2. The van der Waals surface area contributed by atoms with Crippen LogP contribution in [0, 0.1) is 6.92 Å². The average molecular weight is 380 g/mol. The summed E-state index contributed by atoms with van der Waals surface area (Å²) in [5.74, 6) is 2.56. The largest absolute Gasteiger partial charge is 0.497 e. The molecule has 0 spiro atoms. The Morgan fingerprint density at radius 2 is 1.89 bits per heavy atom. The lowest BCUT2D eigenvalue weighted by Crippen LogP contribution is -2.23. The van der Waals surface area contributed by atoms with Crippen molar-refractivity contribution in [2.45, 2.75) is 26.3 Å². The molecule has 0 aliphatic heterocycles. The Bertz CT molecular complexity index is 932. The van der Waals surface area contributed by atoms with E-state index >= 15 is 0 Å².